The summed E-state index contributed by atoms with van der Waals surface area (Å²) in [6.45, 7) is 0. The number of carboxylic acid groups (broad SMARTS) is 1. The van der Waals surface area contributed by atoms with Crippen molar-refractivity contribution in [2.75, 3.05) is 5.32 Å². The molecule has 0 aliphatic heterocycles. The number of carboxylic acids is 1. The number of amides is 1. The van der Waals surface area contributed by atoms with Crippen LogP contribution in [-0.2, 0) is 4.79 Å². The van der Waals surface area contributed by atoms with E-state index in [0.29, 0.717) is 21.6 Å². The van der Waals surface area contributed by atoms with E-state index in [1.54, 1.807) is 41.8 Å². The smallest absolute Gasteiger partial charge is 0.481 e. The van der Waals surface area contributed by atoms with Crippen LogP contribution in [0.2, 0.25) is 0 Å². The Morgan fingerprint density at radius 1 is 1.00 bits per heavy atom. The van der Waals surface area contributed by atoms with Crippen molar-refractivity contribution in [2.45, 2.75) is 18.8 Å². The Morgan fingerprint density at radius 3 is 2.27 bits per heavy atom. The number of hydrogen-bond acceptors (Lipinski definition) is 4. The molecule has 3 N–H and O–H groups in total. The first kappa shape index (κ1) is 21.4. The van der Waals surface area contributed by atoms with Crippen LogP contribution in [0.3, 0.4) is 0 Å². The van der Waals surface area contributed by atoms with E-state index in [1.165, 1.54) is 40.9 Å². The molecule has 0 saturated carbocycles. The second-order valence-electron chi connectivity index (χ2n) is 6.43. The molecule has 0 saturated heterocycles. The summed E-state index contributed by atoms with van der Waals surface area (Å²) in [7, 11) is 0. The Kier molecular flexibility index (Phi) is 6.41. The van der Waals surface area contributed by atoms with Gasteiger partial charge in [0, 0.05) is 5.69 Å². The molecule has 3 aromatic rings. The fraction of sp³-hybridized carbons (Fsp3) is 0.143. The molecule has 0 aliphatic carbocycles. The van der Waals surface area contributed by atoms with Crippen LogP contribution in [0.5, 0.6) is 0 Å². The average molecular weight is 434 g/mol. The molecule has 0 bridgehead atoms. The first-order valence-corrected chi connectivity index (χ1v) is 9.71. The molecule has 156 valence electrons. The standard InChI is InChI=1S/C21H17F3N2O3S/c22-21(23,24)26-16-8-6-13(7-9-16)15-10-18(30-12-15)20(29)25-17(11-19(27)28)14-4-2-1-3-5-14/h1-10,12,17,26H,11H2,(H,25,29)(H,27,28). The SMILES string of the molecule is O=C(O)CC(NC(=O)c1cc(-c2ccc(NC(F)(F)F)cc2)cs1)c1ccccc1. The number of halogens is 3. The van der Waals surface area contributed by atoms with E-state index < -0.39 is 24.2 Å². The Morgan fingerprint density at radius 2 is 1.67 bits per heavy atom. The van der Waals surface area contributed by atoms with E-state index in [1.807, 2.05) is 0 Å². The first-order valence-electron chi connectivity index (χ1n) is 8.83. The lowest BCUT2D eigenvalue weighted by molar-refractivity contribution is -0.137. The fourth-order valence-electron chi connectivity index (χ4n) is 2.86. The molecule has 0 spiro atoms. The van der Waals surface area contributed by atoms with E-state index in [9.17, 15) is 22.8 Å². The van der Waals surface area contributed by atoms with Gasteiger partial charge in [-0.25, -0.2) is 0 Å². The Labute approximate surface area is 174 Å². The van der Waals surface area contributed by atoms with Crippen LogP contribution >= 0.6 is 11.3 Å². The highest BCUT2D eigenvalue weighted by molar-refractivity contribution is 7.12. The zero-order valence-electron chi connectivity index (χ0n) is 15.4. The van der Waals surface area contributed by atoms with Crippen molar-refractivity contribution in [1.29, 1.82) is 0 Å². The third kappa shape index (κ3) is 5.84. The maximum absolute atomic E-state index is 12.6. The molecule has 5 nitrogen and oxygen atoms in total. The number of thiophene rings is 1. The summed E-state index contributed by atoms with van der Waals surface area (Å²) in [4.78, 5) is 24.2. The summed E-state index contributed by atoms with van der Waals surface area (Å²) in [6.07, 6.45) is -4.78. The van der Waals surface area contributed by atoms with Crippen molar-refractivity contribution in [1.82, 2.24) is 5.32 Å². The average Bonchev–Trinajstić information content (AvgIpc) is 3.17. The van der Waals surface area contributed by atoms with Crippen molar-refractivity contribution in [2.24, 2.45) is 0 Å². The van der Waals surface area contributed by atoms with Crippen LogP contribution in [0.25, 0.3) is 11.1 Å². The summed E-state index contributed by atoms with van der Waals surface area (Å²) in [6, 6.07) is 15.4. The van der Waals surface area contributed by atoms with Gasteiger partial charge in [-0.1, -0.05) is 42.5 Å². The van der Waals surface area contributed by atoms with Crippen molar-refractivity contribution in [3.8, 4) is 11.1 Å². The number of alkyl halides is 3. The minimum Gasteiger partial charge on any atom is -0.481 e. The zero-order chi connectivity index (χ0) is 21.7. The van der Waals surface area contributed by atoms with Crippen molar-refractivity contribution in [3.63, 3.8) is 0 Å². The number of rotatable bonds is 7. The van der Waals surface area contributed by atoms with E-state index in [0.717, 1.165) is 0 Å². The number of carbonyl (C=O) groups excluding carboxylic acids is 1. The van der Waals surface area contributed by atoms with Gasteiger partial charge in [0.05, 0.1) is 17.3 Å². The largest absolute Gasteiger partial charge is 0.482 e. The van der Waals surface area contributed by atoms with Crippen molar-refractivity contribution in [3.05, 3.63) is 76.5 Å². The van der Waals surface area contributed by atoms with Crippen LogP contribution in [0.1, 0.15) is 27.7 Å². The monoisotopic (exact) mass is 434 g/mol. The minimum absolute atomic E-state index is 0.0844. The number of nitrogens with one attached hydrogen (secondary N) is 2. The molecule has 1 unspecified atom stereocenters. The number of carbonyl (C=O) groups is 2. The third-order valence-corrected chi connectivity index (χ3v) is 5.14. The summed E-state index contributed by atoms with van der Waals surface area (Å²) in [5, 5.41) is 15.0. The van der Waals surface area contributed by atoms with Crippen molar-refractivity contribution < 1.29 is 27.9 Å². The van der Waals surface area contributed by atoms with Gasteiger partial charge in [0.1, 0.15) is 0 Å². The Bertz CT molecular complexity index is 1020. The van der Waals surface area contributed by atoms with Gasteiger partial charge in [-0.3, -0.25) is 14.9 Å². The Balaban J connectivity index is 1.73. The van der Waals surface area contributed by atoms with Crippen LogP contribution in [0.4, 0.5) is 18.9 Å². The highest BCUT2D eigenvalue weighted by atomic mass is 32.1. The molecule has 3 rings (SSSR count). The van der Waals surface area contributed by atoms with E-state index in [-0.39, 0.29) is 12.1 Å². The van der Waals surface area contributed by atoms with Crippen molar-refractivity contribution >= 4 is 28.9 Å². The lowest BCUT2D eigenvalue weighted by atomic mass is 10.0. The lowest BCUT2D eigenvalue weighted by Crippen LogP contribution is -2.29. The molecular weight excluding hydrogens is 417 g/mol. The van der Waals surface area contributed by atoms with Gasteiger partial charge in [0.25, 0.3) is 5.91 Å². The highest BCUT2D eigenvalue weighted by Gasteiger charge is 2.27. The van der Waals surface area contributed by atoms with E-state index in [2.05, 4.69) is 5.32 Å². The second kappa shape index (κ2) is 9.00. The fourth-order valence-corrected chi connectivity index (χ4v) is 3.68. The van der Waals surface area contributed by atoms with Gasteiger partial charge in [-0.05, 0) is 40.3 Å². The molecular formula is C21H17F3N2O3S. The topological polar surface area (TPSA) is 78.4 Å². The summed E-state index contributed by atoms with van der Waals surface area (Å²) < 4.78 is 37.1. The molecule has 30 heavy (non-hydrogen) atoms. The number of hydrogen-bond donors (Lipinski definition) is 3. The van der Waals surface area contributed by atoms with Crippen LogP contribution in [-0.4, -0.2) is 23.3 Å². The van der Waals surface area contributed by atoms with E-state index >= 15 is 0 Å². The molecule has 1 amide bonds. The van der Waals surface area contributed by atoms with Crippen LogP contribution < -0.4 is 10.6 Å². The molecule has 0 fully saturated rings. The van der Waals surface area contributed by atoms with Gasteiger partial charge in [-0.2, -0.15) is 13.2 Å². The molecule has 1 heterocycles. The molecule has 1 atom stereocenters. The molecule has 2 aromatic carbocycles. The highest BCUT2D eigenvalue weighted by Crippen LogP contribution is 2.29. The maximum Gasteiger partial charge on any atom is 0.482 e. The number of benzene rings is 2. The predicted molar refractivity (Wildman–Crippen MR) is 108 cm³/mol. The predicted octanol–water partition coefficient (Wildman–Crippen LogP) is 5.29. The quantitative estimate of drug-likeness (QED) is 0.442. The van der Waals surface area contributed by atoms with Crippen LogP contribution in [0, 0.1) is 0 Å². The number of anilines is 1. The second-order valence-corrected chi connectivity index (χ2v) is 7.35. The molecule has 0 aliphatic rings. The zero-order valence-corrected chi connectivity index (χ0v) is 16.3. The normalized spacial score (nSPS) is 12.2. The number of aliphatic carboxylic acids is 1. The lowest BCUT2D eigenvalue weighted by Gasteiger charge is -2.16. The summed E-state index contributed by atoms with van der Waals surface area (Å²) >= 11 is 1.17. The third-order valence-electron chi connectivity index (χ3n) is 4.21. The molecule has 9 heteroatoms. The Hall–Kier alpha value is -3.33. The van der Waals surface area contributed by atoms with Gasteiger partial charge in [-0.15, -0.1) is 11.3 Å². The van der Waals surface area contributed by atoms with E-state index in [4.69, 9.17) is 5.11 Å². The maximum atomic E-state index is 12.6. The summed E-state index contributed by atoms with van der Waals surface area (Å²) in [5.41, 5.74) is 1.93. The van der Waals surface area contributed by atoms with Gasteiger partial charge in [0.2, 0.25) is 0 Å². The summed E-state index contributed by atoms with van der Waals surface area (Å²) in [5.74, 6) is -1.46. The minimum atomic E-state index is -4.51. The van der Waals surface area contributed by atoms with Gasteiger partial charge < -0.3 is 10.4 Å². The van der Waals surface area contributed by atoms with Gasteiger partial charge in [0.15, 0.2) is 0 Å². The van der Waals surface area contributed by atoms with Gasteiger partial charge >= 0.3 is 12.3 Å². The van der Waals surface area contributed by atoms with Crippen LogP contribution in [0.15, 0.2) is 66.0 Å². The molecule has 1 aromatic heterocycles. The first-order chi connectivity index (χ1) is 14.2. The molecule has 0 radical (unpaired) electrons.